The number of halogens is 1. The number of piperidine rings is 1. The number of rotatable bonds is 4. The van der Waals surface area contributed by atoms with Gasteiger partial charge in [0.15, 0.2) is 5.66 Å². The summed E-state index contributed by atoms with van der Waals surface area (Å²) in [5.74, 6) is 0.899. The molecule has 0 bridgehead atoms. The average Bonchev–Trinajstić information content (AvgIpc) is 3.07. The number of hydrogen-bond acceptors (Lipinski definition) is 5. The predicted molar refractivity (Wildman–Crippen MR) is 121 cm³/mol. The van der Waals surface area contributed by atoms with Crippen LogP contribution in [0.1, 0.15) is 25.3 Å². The van der Waals surface area contributed by atoms with Crippen LogP contribution in [-0.2, 0) is 10.0 Å². The molecule has 0 atom stereocenters. The summed E-state index contributed by atoms with van der Waals surface area (Å²) in [6, 6.07) is 16.2. The van der Waals surface area contributed by atoms with Crippen molar-refractivity contribution in [1.29, 1.82) is 0 Å². The maximum absolute atomic E-state index is 12.9. The third-order valence-corrected chi connectivity index (χ3v) is 8.15. The molecule has 152 valence electrons. The first-order chi connectivity index (χ1) is 13.9. The summed E-state index contributed by atoms with van der Waals surface area (Å²) in [4.78, 5) is 10.3. The van der Waals surface area contributed by atoms with E-state index in [9.17, 15) is 8.42 Å². The van der Waals surface area contributed by atoms with Crippen molar-refractivity contribution in [2.45, 2.75) is 30.3 Å². The second-order valence-electron chi connectivity index (χ2n) is 7.02. The Morgan fingerprint density at radius 2 is 1.69 bits per heavy atom. The molecule has 29 heavy (non-hydrogen) atoms. The quantitative estimate of drug-likeness (QED) is 0.694. The van der Waals surface area contributed by atoms with Gasteiger partial charge in [-0.05, 0) is 30.0 Å². The van der Waals surface area contributed by atoms with Gasteiger partial charge in [0, 0.05) is 36.5 Å². The predicted octanol–water partition coefficient (Wildman–Crippen LogP) is 4.48. The molecule has 0 N–H and O–H groups in total. The molecular formula is C21H22ClN3O2S2. The van der Waals surface area contributed by atoms with Crippen molar-refractivity contribution in [2.24, 2.45) is 9.98 Å². The summed E-state index contributed by atoms with van der Waals surface area (Å²) < 4.78 is 27.4. The molecule has 2 aliphatic rings. The van der Waals surface area contributed by atoms with Gasteiger partial charge in [-0.15, -0.1) is 11.8 Å². The van der Waals surface area contributed by atoms with Crippen LogP contribution < -0.4 is 0 Å². The third kappa shape index (κ3) is 4.14. The molecule has 0 aromatic heterocycles. The van der Waals surface area contributed by atoms with Crippen molar-refractivity contribution in [3.8, 4) is 0 Å². The molecule has 1 spiro atoms. The van der Waals surface area contributed by atoms with Gasteiger partial charge in [-0.2, -0.15) is 4.31 Å². The van der Waals surface area contributed by atoms with E-state index in [1.54, 1.807) is 40.3 Å². The van der Waals surface area contributed by atoms with Crippen LogP contribution in [0.5, 0.6) is 0 Å². The molecule has 2 aromatic rings. The van der Waals surface area contributed by atoms with E-state index in [-0.39, 0.29) is 0 Å². The summed E-state index contributed by atoms with van der Waals surface area (Å²) in [6.45, 7) is 2.90. The largest absolute Gasteiger partial charge is 0.252 e. The van der Waals surface area contributed by atoms with Crippen molar-refractivity contribution in [3.05, 3.63) is 65.2 Å². The number of sulfonamides is 1. The minimum atomic E-state index is -3.49. The lowest BCUT2D eigenvalue weighted by molar-refractivity contribution is 0.249. The fourth-order valence-corrected chi connectivity index (χ4v) is 6.00. The Morgan fingerprint density at radius 1 is 1.03 bits per heavy atom. The van der Waals surface area contributed by atoms with Gasteiger partial charge in [0.1, 0.15) is 5.04 Å². The molecular weight excluding hydrogens is 426 g/mol. The lowest BCUT2D eigenvalue weighted by Crippen LogP contribution is -2.44. The molecule has 8 heteroatoms. The monoisotopic (exact) mass is 447 g/mol. The molecule has 5 nitrogen and oxygen atoms in total. The van der Waals surface area contributed by atoms with Crippen molar-refractivity contribution < 1.29 is 8.42 Å². The lowest BCUT2D eigenvalue weighted by atomic mass is 10.00. The highest BCUT2D eigenvalue weighted by molar-refractivity contribution is 8.15. The summed E-state index contributed by atoms with van der Waals surface area (Å²) >= 11 is 7.70. The van der Waals surface area contributed by atoms with Gasteiger partial charge in [-0.25, -0.2) is 13.4 Å². The van der Waals surface area contributed by atoms with Crippen LogP contribution >= 0.6 is 23.4 Å². The Kier molecular flexibility index (Phi) is 5.84. The zero-order chi connectivity index (χ0) is 20.5. The zero-order valence-electron chi connectivity index (χ0n) is 16.1. The zero-order valence-corrected chi connectivity index (χ0v) is 18.5. The van der Waals surface area contributed by atoms with Crippen LogP contribution in [0.2, 0.25) is 5.02 Å². The van der Waals surface area contributed by atoms with Gasteiger partial charge in [0.25, 0.3) is 0 Å². The smallest absolute Gasteiger partial charge is 0.243 e. The normalized spacial score (nSPS) is 19.2. The van der Waals surface area contributed by atoms with E-state index in [0.29, 0.717) is 35.8 Å². The molecule has 2 aromatic carbocycles. The molecule has 1 saturated heterocycles. The molecule has 2 aliphatic heterocycles. The maximum atomic E-state index is 12.9. The topological polar surface area (TPSA) is 62.1 Å². The molecule has 0 amide bonds. The molecule has 1 fully saturated rings. The number of nitrogens with zero attached hydrogens (tertiary/aromatic N) is 3. The van der Waals surface area contributed by atoms with Gasteiger partial charge in [-0.3, -0.25) is 4.99 Å². The van der Waals surface area contributed by atoms with Crippen LogP contribution in [0.25, 0.3) is 0 Å². The second-order valence-corrected chi connectivity index (χ2v) is 10.6. The molecule has 2 heterocycles. The first-order valence-electron chi connectivity index (χ1n) is 9.57. The van der Waals surface area contributed by atoms with Crippen LogP contribution in [-0.4, -0.2) is 48.0 Å². The Bertz CT molecular complexity index is 1040. The Labute approximate surface area is 180 Å². The maximum Gasteiger partial charge on any atom is 0.243 e. The second kappa shape index (κ2) is 8.22. The Morgan fingerprint density at radius 3 is 2.31 bits per heavy atom. The number of thioether (sulfide) groups is 1. The van der Waals surface area contributed by atoms with Crippen LogP contribution in [0.15, 0.2) is 69.5 Å². The molecule has 0 saturated carbocycles. The Hall–Kier alpha value is -1.67. The minimum Gasteiger partial charge on any atom is -0.252 e. The van der Waals surface area contributed by atoms with E-state index >= 15 is 0 Å². The molecule has 4 rings (SSSR count). The van der Waals surface area contributed by atoms with Crippen LogP contribution in [0, 0.1) is 0 Å². The fourth-order valence-electron chi connectivity index (χ4n) is 3.61. The third-order valence-electron chi connectivity index (χ3n) is 5.14. The van der Waals surface area contributed by atoms with Crippen LogP contribution in [0.4, 0.5) is 0 Å². The summed E-state index contributed by atoms with van der Waals surface area (Å²) in [5, 5.41) is 1.61. The molecule has 0 radical (unpaired) electrons. The highest BCUT2D eigenvalue weighted by atomic mass is 35.5. The first-order valence-corrected chi connectivity index (χ1v) is 12.4. The fraction of sp³-hybridized carbons (Fsp3) is 0.333. The summed E-state index contributed by atoms with van der Waals surface area (Å²) in [7, 11) is -3.49. The highest BCUT2D eigenvalue weighted by Gasteiger charge is 2.42. The van der Waals surface area contributed by atoms with E-state index in [1.165, 1.54) is 0 Å². The van der Waals surface area contributed by atoms with E-state index in [1.807, 2.05) is 30.3 Å². The SMILES string of the molecule is CCSC1=NC2(CCN(S(=O)(=O)c3ccccc3)CC2)N=C1c1ccc(Cl)cc1. The number of hydrogen-bond donors (Lipinski definition) is 0. The summed E-state index contributed by atoms with van der Waals surface area (Å²) in [6.07, 6.45) is 1.15. The van der Waals surface area contributed by atoms with Gasteiger partial charge in [-0.1, -0.05) is 48.9 Å². The van der Waals surface area contributed by atoms with E-state index < -0.39 is 15.7 Å². The Balaban J connectivity index is 1.58. The van der Waals surface area contributed by atoms with Crippen molar-refractivity contribution in [2.75, 3.05) is 18.8 Å². The lowest BCUT2D eigenvalue weighted by Gasteiger charge is -2.34. The minimum absolute atomic E-state index is 0.332. The molecule has 0 unspecified atom stereocenters. The standard InChI is InChI=1S/C21H22ClN3O2S2/c1-2-28-20-19(16-8-10-17(22)11-9-16)23-21(24-20)12-14-25(15-13-21)29(26,27)18-6-4-3-5-7-18/h3-11H,2,12-15H2,1H3. The summed E-state index contributed by atoms with van der Waals surface area (Å²) in [5.41, 5.74) is 1.30. The highest BCUT2D eigenvalue weighted by Crippen LogP contribution is 2.37. The van der Waals surface area contributed by atoms with Crippen LogP contribution in [0.3, 0.4) is 0 Å². The number of aliphatic imine (C=N–C) groups is 2. The van der Waals surface area contributed by atoms with Gasteiger partial charge in [0.2, 0.25) is 10.0 Å². The van der Waals surface area contributed by atoms with E-state index in [2.05, 4.69) is 6.92 Å². The van der Waals surface area contributed by atoms with E-state index in [0.717, 1.165) is 22.1 Å². The van der Waals surface area contributed by atoms with Gasteiger partial charge < -0.3 is 0 Å². The van der Waals surface area contributed by atoms with Crippen molar-refractivity contribution in [1.82, 2.24) is 4.31 Å². The van der Waals surface area contributed by atoms with Crippen molar-refractivity contribution >= 4 is 44.1 Å². The van der Waals surface area contributed by atoms with Gasteiger partial charge >= 0.3 is 0 Å². The average molecular weight is 448 g/mol. The first kappa shape index (κ1) is 20.6. The number of benzene rings is 2. The van der Waals surface area contributed by atoms with E-state index in [4.69, 9.17) is 21.6 Å². The van der Waals surface area contributed by atoms with Gasteiger partial charge in [0.05, 0.1) is 10.6 Å². The molecule has 0 aliphatic carbocycles. The van der Waals surface area contributed by atoms with Crippen molar-refractivity contribution in [3.63, 3.8) is 0 Å².